The van der Waals surface area contributed by atoms with Crippen LogP contribution in [0.5, 0.6) is 0 Å². The van der Waals surface area contributed by atoms with E-state index in [4.69, 9.17) is 0 Å². The fourth-order valence-electron chi connectivity index (χ4n) is 2.22. The molecule has 0 unspecified atom stereocenters. The molecule has 0 aliphatic carbocycles. The van der Waals surface area contributed by atoms with Crippen LogP contribution >= 0.6 is 17.0 Å². The van der Waals surface area contributed by atoms with Crippen molar-refractivity contribution >= 4 is 27.8 Å². The highest BCUT2D eigenvalue weighted by molar-refractivity contribution is 8.93. The van der Waals surface area contributed by atoms with E-state index >= 15 is 0 Å². The van der Waals surface area contributed by atoms with Gasteiger partial charge in [-0.25, -0.2) is 4.57 Å². The number of hydrogen-bond acceptors (Lipinski definition) is 0. The zero-order valence-electron chi connectivity index (χ0n) is 10.7. The molecule has 2 aromatic carbocycles. The molecule has 19 heavy (non-hydrogen) atoms. The number of rotatable bonds is 3. The molecule has 96 valence electrons. The second-order valence-corrected chi connectivity index (χ2v) is 4.55. The lowest BCUT2D eigenvalue weighted by Crippen LogP contribution is -2.33. The molecular weight excluding hydrogens is 298 g/mol. The van der Waals surface area contributed by atoms with Crippen LogP contribution in [0.15, 0.2) is 73.1 Å². The van der Waals surface area contributed by atoms with Crippen LogP contribution in [0.1, 0.15) is 5.56 Å². The highest BCUT2D eigenvalue weighted by Crippen LogP contribution is 2.09. The van der Waals surface area contributed by atoms with E-state index in [1.807, 2.05) is 0 Å². The third-order valence-electron chi connectivity index (χ3n) is 3.25. The van der Waals surface area contributed by atoms with E-state index in [2.05, 4.69) is 77.6 Å². The summed E-state index contributed by atoms with van der Waals surface area (Å²) in [6.45, 7) is 1.02. The molecule has 1 aromatic heterocycles. The number of benzene rings is 2. The Hall–Kier alpha value is -1.67. The number of aromatic nitrogens is 1. The molecule has 0 amide bonds. The van der Waals surface area contributed by atoms with Crippen molar-refractivity contribution in [1.82, 2.24) is 0 Å². The van der Waals surface area contributed by atoms with Gasteiger partial charge in [0.2, 0.25) is 0 Å². The second-order valence-electron chi connectivity index (χ2n) is 4.55. The first kappa shape index (κ1) is 13.8. The maximum absolute atomic E-state index is 2.26. The van der Waals surface area contributed by atoms with Gasteiger partial charge in [0.25, 0.3) is 0 Å². The van der Waals surface area contributed by atoms with Crippen LogP contribution < -0.4 is 4.57 Å². The SMILES string of the molecule is Br.c1ccc(CC[n+]2ccc3ccccc3c2)cc1. The summed E-state index contributed by atoms with van der Waals surface area (Å²) in [6.07, 6.45) is 5.45. The third-order valence-corrected chi connectivity index (χ3v) is 3.25. The van der Waals surface area contributed by atoms with Crippen LogP contribution in [-0.2, 0) is 13.0 Å². The van der Waals surface area contributed by atoms with E-state index in [1.54, 1.807) is 0 Å². The highest BCUT2D eigenvalue weighted by Gasteiger charge is 2.02. The number of hydrogen-bond donors (Lipinski definition) is 0. The van der Waals surface area contributed by atoms with Gasteiger partial charge in [0.05, 0.1) is 0 Å². The second kappa shape index (κ2) is 6.48. The maximum atomic E-state index is 2.26. The predicted octanol–water partition coefficient (Wildman–Crippen LogP) is 3.95. The zero-order valence-corrected chi connectivity index (χ0v) is 12.4. The van der Waals surface area contributed by atoms with Crippen LogP contribution in [0.3, 0.4) is 0 Å². The van der Waals surface area contributed by atoms with Gasteiger partial charge in [0, 0.05) is 17.9 Å². The standard InChI is InChI=1S/C17H16N.BrH/c1-2-6-15(7-3-1)10-12-18-13-11-16-8-4-5-9-17(16)14-18;/h1-9,11,13-14H,10,12H2;1H/q+1;. The molecule has 0 radical (unpaired) electrons. The maximum Gasteiger partial charge on any atom is 0.176 e. The lowest BCUT2D eigenvalue weighted by Gasteiger charge is -2.00. The Morgan fingerprint density at radius 2 is 1.42 bits per heavy atom. The Balaban J connectivity index is 0.00000133. The fraction of sp³-hybridized carbons (Fsp3) is 0.118. The molecule has 3 aromatic rings. The molecule has 0 spiro atoms. The average molecular weight is 315 g/mol. The summed E-state index contributed by atoms with van der Waals surface area (Å²) >= 11 is 0. The Morgan fingerprint density at radius 3 is 2.21 bits per heavy atom. The van der Waals surface area contributed by atoms with Crippen LogP contribution in [0, 0.1) is 0 Å². The van der Waals surface area contributed by atoms with E-state index in [-0.39, 0.29) is 17.0 Å². The molecule has 0 aliphatic rings. The van der Waals surface area contributed by atoms with Crippen molar-refractivity contribution < 1.29 is 4.57 Å². The Kier molecular flexibility index (Phi) is 4.69. The summed E-state index contributed by atoms with van der Waals surface area (Å²) in [5.74, 6) is 0. The summed E-state index contributed by atoms with van der Waals surface area (Å²) in [7, 11) is 0. The van der Waals surface area contributed by atoms with Crippen molar-refractivity contribution in [3.63, 3.8) is 0 Å². The van der Waals surface area contributed by atoms with Gasteiger partial charge in [-0.3, -0.25) is 0 Å². The van der Waals surface area contributed by atoms with Crippen molar-refractivity contribution in [3.8, 4) is 0 Å². The lowest BCUT2D eigenvalue weighted by atomic mass is 10.1. The molecule has 3 rings (SSSR count). The summed E-state index contributed by atoms with van der Waals surface area (Å²) in [5, 5.41) is 2.60. The molecular formula is C17H17BrN+. The minimum absolute atomic E-state index is 0. The van der Waals surface area contributed by atoms with E-state index in [1.165, 1.54) is 16.3 Å². The number of halogens is 1. The summed E-state index contributed by atoms with van der Waals surface area (Å²) < 4.78 is 2.26. The Labute approximate surface area is 124 Å². The van der Waals surface area contributed by atoms with Crippen molar-refractivity contribution in [1.29, 1.82) is 0 Å². The van der Waals surface area contributed by atoms with Gasteiger partial charge in [0.15, 0.2) is 18.9 Å². The van der Waals surface area contributed by atoms with Gasteiger partial charge in [-0.15, -0.1) is 17.0 Å². The third kappa shape index (κ3) is 3.42. The van der Waals surface area contributed by atoms with Gasteiger partial charge in [-0.2, -0.15) is 0 Å². The molecule has 0 N–H and O–H groups in total. The molecule has 0 fully saturated rings. The number of pyridine rings is 1. The van der Waals surface area contributed by atoms with E-state index in [0.717, 1.165) is 13.0 Å². The van der Waals surface area contributed by atoms with Crippen molar-refractivity contribution in [2.75, 3.05) is 0 Å². The van der Waals surface area contributed by atoms with Gasteiger partial charge in [-0.05, 0) is 17.0 Å². The predicted molar refractivity (Wildman–Crippen MR) is 84.6 cm³/mol. The molecule has 0 saturated heterocycles. The molecule has 0 aliphatic heterocycles. The van der Waals surface area contributed by atoms with Crippen LogP contribution in [0.4, 0.5) is 0 Å². The normalized spacial score (nSPS) is 10.1. The van der Waals surface area contributed by atoms with Gasteiger partial charge >= 0.3 is 0 Å². The number of aryl methyl sites for hydroxylation is 2. The Bertz CT molecular complexity index is 649. The first-order valence-electron chi connectivity index (χ1n) is 6.33. The van der Waals surface area contributed by atoms with Gasteiger partial charge in [0.1, 0.15) is 0 Å². The molecule has 2 heteroatoms. The van der Waals surface area contributed by atoms with Gasteiger partial charge < -0.3 is 0 Å². The monoisotopic (exact) mass is 314 g/mol. The van der Waals surface area contributed by atoms with Crippen molar-refractivity contribution in [3.05, 3.63) is 78.6 Å². The fourth-order valence-corrected chi connectivity index (χ4v) is 2.22. The first-order chi connectivity index (χ1) is 8.92. The van der Waals surface area contributed by atoms with Crippen molar-refractivity contribution in [2.45, 2.75) is 13.0 Å². The van der Waals surface area contributed by atoms with Crippen LogP contribution in [0.2, 0.25) is 0 Å². The summed E-state index contributed by atoms with van der Waals surface area (Å²) in [5.41, 5.74) is 1.39. The average Bonchev–Trinajstić information content (AvgIpc) is 2.46. The van der Waals surface area contributed by atoms with E-state index < -0.39 is 0 Å². The zero-order chi connectivity index (χ0) is 12.2. The molecule has 1 nitrogen and oxygen atoms in total. The molecule has 0 saturated carbocycles. The quantitative estimate of drug-likeness (QED) is 0.645. The minimum Gasteiger partial charge on any atom is -0.204 e. The molecule has 0 bridgehead atoms. The van der Waals surface area contributed by atoms with E-state index in [0.29, 0.717) is 0 Å². The molecule has 0 atom stereocenters. The molecule has 1 heterocycles. The first-order valence-corrected chi connectivity index (χ1v) is 6.33. The van der Waals surface area contributed by atoms with Crippen LogP contribution in [0.25, 0.3) is 10.8 Å². The van der Waals surface area contributed by atoms with Crippen molar-refractivity contribution in [2.24, 2.45) is 0 Å². The lowest BCUT2D eigenvalue weighted by molar-refractivity contribution is -0.695. The smallest absolute Gasteiger partial charge is 0.176 e. The summed E-state index contributed by atoms with van der Waals surface area (Å²) in [4.78, 5) is 0. The van der Waals surface area contributed by atoms with Gasteiger partial charge in [-0.1, -0.05) is 48.5 Å². The topological polar surface area (TPSA) is 3.88 Å². The highest BCUT2D eigenvalue weighted by atomic mass is 79.9. The summed E-state index contributed by atoms with van der Waals surface area (Å²) in [6, 6.07) is 21.3. The van der Waals surface area contributed by atoms with E-state index in [9.17, 15) is 0 Å². The Morgan fingerprint density at radius 1 is 0.737 bits per heavy atom. The minimum atomic E-state index is 0. The number of fused-ring (bicyclic) bond motifs is 1. The number of nitrogens with zero attached hydrogens (tertiary/aromatic N) is 1. The largest absolute Gasteiger partial charge is 0.204 e. The van der Waals surface area contributed by atoms with Crippen LogP contribution in [-0.4, -0.2) is 0 Å².